The number of hydrogen-bond acceptors (Lipinski definition) is 6. The molecule has 3 heterocycles. The quantitative estimate of drug-likeness (QED) is 0.698. The zero-order valence-electron chi connectivity index (χ0n) is 17.2. The van der Waals surface area contributed by atoms with Gasteiger partial charge in [-0.2, -0.15) is 0 Å². The number of piperidine rings is 1. The van der Waals surface area contributed by atoms with Gasteiger partial charge in [-0.1, -0.05) is 30.3 Å². The van der Waals surface area contributed by atoms with E-state index < -0.39 is 0 Å². The Labute approximate surface area is 181 Å². The predicted molar refractivity (Wildman–Crippen MR) is 118 cm³/mol. The molecule has 0 unspecified atom stereocenters. The molecule has 1 amide bonds. The van der Waals surface area contributed by atoms with Crippen LogP contribution in [0.15, 0.2) is 60.9 Å². The zero-order chi connectivity index (χ0) is 21.0. The summed E-state index contributed by atoms with van der Waals surface area (Å²) in [5.41, 5.74) is 2.79. The minimum absolute atomic E-state index is 0.00211. The first-order valence-electron chi connectivity index (χ1n) is 10.6. The smallest absolute Gasteiger partial charge is 0.229 e. The lowest BCUT2D eigenvalue weighted by Gasteiger charge is -2.32. The summed E-state index contributed by atoms with van der Waals surface area (Å²) in [6.07, 6.45) is 5.45. The number of nitrogens with one attached hydrogen (secondary N) is 1. The number of anilines is 2. The van der Waals surface area contributed by atoms with Crippen molar-refractivity contribution in [3.05, 3.63) is 60.9 Å². The number of ether oxygens (including phenoxy) is 2. The zero-order valence-corrected chi connectivity index (χ0v) is 17.2. The number of fused-ring (bicyclic) bond motifs is 1. The van der Waals surface area contributed by atoms with Gasteiger partial charge in [-0.15, -0.1) is 0 Å². The van der Waals surface area contributed by atoms with Gasteiger partial charge in [-0.05, 0) is 30.5 Å². The molecule has 7 nitrogen and oxygen atoms in total. The summed E-state index contributed by atoms with van der Waals surface area (Å²) in [6, 6.07) is 15.6. The van der Waals surface area contributed by atoms with Gasteiger partial charge in [0.1, 0.15) is 13.2 Å². The number of hydrogen-bond donors (Lipinski definition) is 1. The molecule has 7 heteroatoms. The highest BCUT2D eigenvalue weighted by Crippen LogP contribution is 2.33. The highest BCUT2D eigenvalue weighted by molar-refractivity contribution is 5.93. The summed E-state index contributed by atoms with van der Waals surface area (Å²) in [7, 11) is 0. The van der Waals surface area contributed by atoms with Gasteiger partial charge in [0.15, 0.2) is 11.5 Å². The van der Waals surface area contributed by atoms with Crippen molar-refractivity contribution in [1.82, 2.24) is 9.97 Å². The van der Waals surface area contributed by atoms with E-state index in [1.807, 2.05) is 60.9 Å². The predicted octanol–water partition coefficient (Wildman–Crippen LogP) is 3.77. The van der Waals surface area contributed by atoms with Crippen LogP contribution >= 0.6 is 0 Å². The molecule has 1 fully saturated rings. The van der Waals surface area contributed by atoms with E-state index in [1.165, 1.54) is 0 Å². The second-order valence-electron chi connectivity index (χ2n) is 7.77. The molecule has 2 aliphatic rings. The minimum atomic E-state index is -0.126. The van der Waals surface area contributed by atoms with Crippen LogP contribution in [0.1, 0.15) is 12.8 Å². The van der Waals surface area contributed by atoms with E-state index >= 15 is 0 Å². The van der Waals surface area contributed by atoms with Crippen LogP contribution in [0.4, 0.5) is 11.6 Å². The molecule has 2 aromatic carbocycles. The molecule has 3 aromatic rings. The van der Waals surface area contributed by atoms with Crippen LogP contribution in [0.5, 0.6) is 11.5 Å². The monoisotopic (exact) mass is 416 g/mol. The molecular weight excluding hydrogens is 392 g/mol. The van der Waals surface area contributed by atoms with Crippen molar-refractivity contribution in [3.63, 3.8) is 0 Å². The molecule has 158 valence electrons. The molecular formula is C24H24N4O3. The Morgan fingerprint density at radius 2 is 1.74 bits per heavy atom. The molecule has 1 aromatic heterocycles. The first-order chi connectivity index (χ1) is 15.3. The summed E-state index contributed by atoms with van der Waals surface area (Å²) in [5, 5.41) is 3.02. The lowest BCUT2D eigenvalue weighted by molar-refractivity contribution is -0.120. The van der Waals surface area contributed by atoms with E-state index in [0.29, 0.717) is 37.2 Å². The molecule has 0 radical (unpaired) electrons. The largest absolute Gasteiger partial charge is 0.486 e. The van der Waals surface area contributed by atoms with Crippen LogP contribution in [0.2, 0.25) is 0 Å². The Morgan fingerprint density at radius 1 is 0.968 bits per heavy atom. The summed E-state index contributed by atoms with van der Waals surface area (Å²) in [4.78, 5) is 24.1. The number of aromatic nitrogens is 2. The number of carbonyl (C=O) groups is 1. The molecule has 0 saturated carbocycles. The van der Waals surface area contributed by atoms with Crippen LogP contribution < -0.4 is 19.7 Å². The van der Waals surface area contributed by atoms with Crippen LogP contribution in [0, 0.1) is 5.92 Å². The Bertz CT molecular complexity index is 1060. The molecule has 1 N–H and O–H groups in total. The number of rotatable bonds is 4. The Kier molecular flexibility index (Phi) is 5.39. The summed E-state index contributed by atoms with van der Waals surface area (Å²) < 4.78 is 11.1. The average molecular weight is 416 g/mol. The van der Waals surface area contributed by atoms with Gasteiger partial charge in [0.25, 0.3) is 0 Å². The fourth-order valence-electron chi connectivity index (χ4n) is 4.00. The van der Waals surface area contributed by atoms with Gasteiger partial charge < -0.3 is 19.7 Å². The molecule has 0 spiro atoms. The first-order valence-corrected chi connectivity index (χ1v) is 10.6. The third-order valence-corrected chi connectivity index (χ3v) is 5.63. The molecule has 0 bridgehead atoms. The van der Waals surface area contributed by atoms with Gasteiger partial charge in [0.05, 0.1) is 5.92 Å². The van der Waals surface area contributed by atoms with Crippen molar-refractivity contribution in [2.45, 2.75) is 12.8 Å². The lowest BCUT2D eigenvalue weighted by Crippen LogP contribution is -2.41. The average Bonchev–Trinajstić information content (AvgIpc) is 2.85. The van der Waals surface area contributed by atoms with Crippen LogP contribution in [0.3, 0.4) is 0 Å². The fourth-order valence-corrected chi connectivity index (χ4v) is 4.00. The SMILES string of the molecule is O=C(Nc1ccc2c(c1)OCCO2)[C@@H]1CCCN(c2ncc(-c3ccccc3)cn2)C1. The van der Waals surface area contributed by atoms with Gasteiger partial charge in [-0.3, -0.25) is 4.79 Å². The maximum Gasteiger partial charge on any atom is 0.229 e. The van der Waals surface area contributed by atoms with Crippen LogP contribution in [-0.2, 0) is 4.79 Å². The summed E-state index contributed by atoms with van der Waals surface area (Å²) >= 11 is 0. The number of benzene rings is 2. The Balaban J connectivity index is 1.24. The molecule has 0 aliphatic carbocycles. The van der Waals surface area contributed by atoms with E-state index in [2.05, 4.69) is 20.2 Å². The van der Waals surface area contributed by atoms with Crippen molar-refractivity contribution < 1.29 is 14.3 Å². The van der Waals surface area contributed by atoms with E-state index in [0.717, 1.165) is 36.2 Å². The third kappa shape index (κ3) is 4.30. The topological polar surface area (TPSA) is 76.6 Å². The fraction of sp³-hybridized carbons (Fsp3) is 0.292. The minimum Gasteiger partial charge on any atom is -0.486 e. The van der Waals surface area contributed by atoms with Crippen LogP contribution in [-0.4, -0.2) is 42.2 Å². The molecule has 1 atom stereocenters. The van der Waals surface area contributed by atoms with Gasteiger partial charge in [0.2, 0.25) is 11.9 Å². The van der Waals surface area contributed by atoms with E-state index in [1.54, 1.807) is 0 Å². The van der Waals surface area contributed by atoms with Crippen molar-refractivity contribution in [1.29, 1.82) is 0 Å². The molecule has 1 saturated heterocycles. The summed E-state index contributed by atoms with van der Waals surface area (Å²) in [5.74, 6) is 1.92. The van der Waals surface area contributed by atoms with E-state index in [4.69, 9.17) is 9.47 Å². The lowest BCUT2D eigenvalue weighted by atomic mass is 9.97. The van der Waals surface area contributed by atoms with Crippen LogP contribution in [0.25, 0.3) is 11.1 Å². The van der Waals surface area contributed by atoms with Crippen molar-refractivity contribution in [3.8, 4) is 22.6 Å². The van der Waals surface area contributed by atoms with Gasteiger partial charge >= 0.3 is 0 Å². The second kappa shape index (κ2) is 8.63. The standard InChI is InChI=1S/C24H24N4O3/c29-23(27-20-8-9-21-22(13-20)31-12-11-30-21)18-7-4-10-28(16-18)24-25-14-19(15-26-24)17-5-2-1-3-6-17/h1-3,5-6,8-9,13-15,18H,4,7,10-12,16H2,(H,27,29)/t18-/m1/s1. The normalized spacial score (nSPS) is 17.8. The first kappa shape index (κ1) is 19.4. The maximum atomic E-state index is 12.9. The van der Waals surface area contributed by atoms with Crippen molar-refractivity contribution >= 4 is 17.5 Å². The maximum absolute atomic E-state index is 12.9. The van der Waals surface area contributed by atoms with E-state index in [9.17, 15) is 4.79 Å². The Morgan fingerprint density at radius 3 is 2.55 bits per heavy atom. The van der Waals surface area contributed by atoms with E-state index in [-0.39, 0.29) is 11.8 Å². The van der Waals surface area contributed by atoms with Crippen molar-refractivity contribution in [2.24, 2.45) is 5.92 Å². The van der Waals surface area contributed by atoms with Gasteiger partial charge in [-0.25, -0.2) is 9.97 Å². The highest BCUT2D eigenvalue weighted by atomic mass is 16.6. The third-order valence-electron chi connectivity index (χ3n) is 5.63. The molecule has 31 heavy (non-hydrogen) atoms. The highest BCUT2D eigenvalue weighted by Gasteiger charge is 2.27. The molecule has 2 aliphatic heterocycles. The second-order valence-corrected chi connectivity index (χ2v) is 7.77. The number of carbonyl (C=O) groups excluding carboxylic acids is 1. The Hall–Kier alpha value is -3.61. The molecule has 5 rings (SSSR count). The summed E-state index contributed by atoms with van der Waals surface area (Å²) in [6.45, 7) is 2.51. The number of nitrogens with zero attached hydrogens (tertiary/aromatic N) is 3. The number of amides is 1. The van der Waals surface area contributed by atoms with Crippen molar-refractivity contribution in [2.75, 3.05) is 36.5 Å². The van der Waals surface area contributed by atoms with Gasteiger partial charge in [0, 0.05) is 42.8 Å².